The Bertz CT molecular complexity index is 815. The molecule has 0 heterocycles. The molecule has 0 unspecified atom stereocenters. The van der Waals surface area contributed by atoms with Gasteiger partial charge in [0.15, 0.2) is 11.5 Å². The van der Waals surface area contributed by atoms with E-state index in [1.807, 2.05) is 30.3 Å². The normalized spacial score (nSPS) is 9.93. The van der Waals surface area contributed by atoms with Gasteiger partial charge in [0.05, 0.1) is 19.9 Å². The van der Waals surface area contributed by atoms with Gasteiger partial charge < -0.3 is 25.4 Å². The quantitative estimate of drug-likeness (QED) is 0.649. The van der Waals surface area contributed by atoms with Gasteiger partial charge in [0, 0.05) is 32.1 Å². The average molecular weight is 422 g/mol. The van der Waals surface area contributed by atoms with Crippen molar-refractivity contribution in [3.05, 3.63) is 53.6 Å². The van der Waals surface area contributed by atoms with Crippen LogP contribution in [0, 0.1) is 0 Å². The molecule has 0 atom stereocenters. The Balaban J connectivity index is 0.00000420. The largest absolute Gasteiger partial charge is 0.493 e. The molecule has 8 heteroatoms. The first-order valence-electron chi connectivity index (χ1n) is 9.07. The molecule has 0 fully saturated rings. The summed E-state index contributed by atoms with van der Waals surface area (Å²) < 4.78 is 10.7. The van der Waals surface area contributed by atoms with E-state index in [0.29, 0.717) is 42.4 Å². The van der Waals surface area contributed by atoms with Crippen molar-refractivity contribution in [1.29, 1.82) is 0 Å². The molecule has 0 saturated carbocycles. The Labute approximate surface area is 177 Å². The van der Waals surface area contributed by atoms with Gasteiger partial charge in [-0.15, -0.1) is 12.4 Å². The number of halogens is 1. The minimum absolute atomic E-state index is 0. The number of nitrogens with two attached hydrogens (primary N) is 1. The summed E-state index contributed by atoms with van der Waals surface area (Å²) in [5.41, 5.74) is 7.63. The van der Waals surface area contributed by atoms with Gasteiger partial charge in [-0.05, 0) is 24.1 Å². The molecule has 0 aliphatic heterocycles. The summed E-state index contributed by atoms with van der Waals surface area (Å²) in [5, 5.41) is 2.68. The van der Waals surface area contributed by atoms with Gasteiger partial charge in [-0.3, -0.25) is 9.59 Å². The molecule has 0 radical (unpaired) electrons. The maximum atomic E-state index is 13.1. The Kier molecular flexibility index (Phi) is 9.99. The first-order chi connectivity index (χ1) is 13.5. The van der Waals surface area contributed by atoms with E-state index in [9.17, 15) is 9.59 Å². The van der Waals surface area contributed by atoms with Crippen LogP contribution < -0.4 is 20.5 Å². The third kappa shape index (κ3) is 6.66. The minimum atomic E-state index is -0.271. The molecule has 3 N–H and O–H groups in total. The molecule has 158 valence electrons. The topological polar surface area (TPSA) is 93.9 Å². The fraction of sp³-hybridized carbons (Fsp3) is 0.333. The molecule has 2 aromatic rings. The van der Waals surface area contributed by atoms with Crippen LogP contribution in [0.4, 0.5) is 5.69 Å². The Hall–Kier alpha value is -2.77. The number of ether oxygens (including phenoxy) is 2. The zero-order chi connectivity index (χ0) is 20.5. The highest BCUT2D eigenvalue weighted by Crippen LogP contribution is 2.37. The molecule has 2 amide bonds. The van der Waals surface area contributed by atoms with Crippen LogP contribution in [-0.2, 0) is 11.2 Å². The number of hydrogen-bond donors (Lipinski definition) is 2. The van der Waals surface area contributed by atoms with Gasteiger partial charge in [-0.2, -0.15) is 0 Å². The third-order valence-electron chi connectivity index (χ3n) is 4.24. The van der Waals surface area contributed by atoms with Crippen molar-refractivity contribution in [3.63, 3.8) is 0 Å². The Morgan fingerprint density at radius 1 is 1.07 bits per heavy atom. The van der Waals surface area contributed by atoms with Crippen molar-refractivity contribution < 1.29 is 19.1 Å². The number of nitrogens with one attached hydrogen (secondary N) is 1. The summed E-state index contributed by atoms with van der Waals surface area (Å²) in [6.07, 6.45) is 0.721. The molecule has 29 heavy (non-hydrogen) atoms. The van der Waals surface area contributed by atoms with Crippen LogP contribution in [0.1, 0.15) is 22.8 Å². The molecular formula is C21H28ClN3O4. The van der Waals surface area contributed by atoms with Crippen molar-refractivity contribution in [2.24, 2.45) is 5.73 Å². The second-order valence-corrected chi connectivity index (χ2v) is 6.26. The number of rotatable bonds is 9. The predicted molar refractivity (Wildman–Crippen MR) is 116 cm³/mol. The molecule has 0 spiro atoms. The van der Waals surface area contributed by atoms with Crippen molar-refractivity contribution >= 4 is 29.9 Å². The fourth-order valence-electron chi connectivity index (χ4n) is 2.93. The number of methoxy groups -OCH3 is 2. The fourth-order valence-corrected chi connectivity index (χ4v) is 2.93. The van der Waals surface area contributed by atoms with Crippen LogP contribution in [-0.4, -0.2) is 50.6 Å². The number of amides is 2. The lowest BCUT2D eigenvalue weighted by molar-refractivity contribution is -0.114. The van der Waals surface area contributed by atoms with Gasteiger partial charge in [-0.25, -0.2) is 0 Å². The molecule has 0 bridgehead atoms. The molecule has 2 rings (SSSR count). The molecular weight excluding hydrogens is 394 g/mol. The summed E-state index contributed by atoms with van der Waals surface area (Å²) in [6.45, 7) is 2.70. The van der Waals surface area contributed by atoms with Crippen LogP contribution in [0.2, 0.25) is 0 Å². The van der Waals surface area contributed by atoms with Crippen molar-refractivity contribution in [1.82, 2.24) is 4.90 Å². The molecule has 0 aliphatic rings. The van der Waals surface area contributed by atoms with Gasteiger partial charge in [-0.1, -0.05) is 30.3 Å². The van der Waals surface area contributed by atoms with Crippen molar-refractivity contribution in [2.75, 3.05) is 39.2 Å². The summed E-state index contributed by atoms with van der Waals surface area (Å²) in [4.78, 5) is 26.4. The molecule has 2 aromatic carbocycles. The van der Waals surface area contributed by atoms with Crippen molar-refractivity contribution in [3.8, 4) is 11.5 Å². The molecule has 7 nitrogen and oxygen atoms in total. The summed E-state index contributed by atoms with van der Waals surface area (Å²) in [6, 6.07) is 13.2. The highest BCUT2D eigenvalue weighted by atomic mass is 35.5. The Morgan fingerprint density at radius 2 is 1.76 bits per heavy atom. The van der Waals surface area contributed by atoms with E-state index in [2.05, 4.69) is 5.32 Å². The van der Waals surface area contributed by atoms with Crippen LogP contribution >= 0.6 is 12.4 Å². The first kappa shape index (κ1) is 24.3. The zero-order valence-corrected chi connectivity index (χ0v) is 17.8. The van der Waals surface area contributed by atoms with Crippen LogP contribution in [0.15, 0.2) is 42.5 Å². The second-order valence-electron chi connectivity index (χ2n) is 6.26. The number of carbonyl (C=O) groups is 2. The summed E-state index contributed by atoms with van der Waals surface area (Å²) in [7, 11) is 2.96. The number of benzene rings is 2. The second kappa shape index (κ2) is 11.9. The van der Waals surface area contributed by atoms with Crippen LogP contribution in [0.25, 0.3) is 0 Å². The highest BCUT2D eigenvalue weighted by molar-refractivity contribution is 5.99. The van der Waals surface area contributed by atoms with E-state index < -0.39 is 0 Å². The number of hydrogen-bond acceptors (Lipinski definition) is 5. The van der Waals surface area contributed by atoms with E-state index in [1.165, 1.54) is 21.1 Å². The molecule has 0 aromatic heterocycles. The maximum absolute atomic E-state index is 13.1. The van der Waals surface area contributed by atoms with Gasteiger partial charge in [0.2, 0.25) is 5.91 Å². The number of anilines is 1. The lowest BCUT2D eigenvalue weighted by atomic mass is 10.1. The van der Waals surface area contributed by atoms with Gasteiger partial charge >= 0.3 is 0 Å². The lowest BCUT2D eigenvalue weighted by Crippen LogP contribution is -2.37. The Morgan fingerprint density at radius 3 is 2.31 bits per heavy atom. The maximum Gasteiger partial charge on any atom is 0.254 e. The third-order valence-corrected chi connectivity index (χ3v) is 4.24. The zero-order valence-electron chi connectivity index (χ0n) is 16.9. The lowest BCUT2D eigenvalue weighted by Gasteiger charge is -2.23. The van der Waals surface area contributed by atoms with E-state index in [4.69, 9.17) is 15.2 Å². The first-order valence-corrected chi connectivity index (χ1v) is 9.07. The van der Waals surface area contributed by atoms with E-state index in [1.54, 1.807) is 17.0 Å². The van der Waals surface area contributed by atoms with E-state index in [0.717, 1.165) is 12.0 Å². The number of nitrogens with zero attached hydrogens (tertiary/aromatic N) is 1. The molecule has 0 aliphatic carbocycles. The van der Waals surface area contributed by atoms with Crippen LogP contribution in [0.3, 0.4) is 0 Å². The van der Waals surface area contributed by atoms with Gasteiger partial charge in [0.1, 0.15) is 0 Å². The predicted octanol–water partition coefficient (Wildman–Crippen LogP) is 2.73. The average Bonchev–Trinajstić information content (AvgIpc) is 2.70. The van der Waals surface area contributed by atoms with E-state index in [-0.39, 0.29) is 24.2 Å². The smallest absolute Gasteiger partial charge is 0.254 e. The van der Waals surface area contributed by atoms with Gasteiger partial charge in [0.25, 0.3) is 5.91 Å². The highest BCUT2D eigenvalue weighted by Gasteiger charge is 2.21. The standard InChI is InChI=1S/C21H27N3O4.ClH/c1-15(25)23-18-13-17(14-19(27-2)20(18)28-3)21(26)24(12-10-22)11-9-16-7-5-4-6-8-16;/h4-8,13-14H,9-12,22H2,1-3H3,(H,23,25);1H. The number of carbonyl (C=O) groups excluding carboxylic acids is 2. The molecule has 0 saturated heterocycles. The summed E-state index contributed by atoms with van der Waals surface area (Å²) >= 11 is 0. The summed E-state index contributed by atoms with van der Waals surface area (Å²) in [5.74, 6) is 0.276. The SMILES string of the molecule is COc1cc(C(=O)N(CCN)CCc2ccccc2)cc(NC(C)=O)c1OC.Cl. The van der Waals surface area contributed by atoms with Crippen molar-refractivity contribution in [2.45, 2.75) is 13.3 Å². The van der Waals surface area contributed by atoms with Crippen LogP contribution in [0.5, 0.6) is 11.5 Å². The monoisotopic (exact) mass is 421 g/mol. The minimum Gasteiger partial charge on any atom is -0.493 e. The van der Waals surface area contributed by atoms with E-state index >= 15 is 0 Å².